The average molecular weight is 433 g/mol. The summed E-state index contributed by atoms with van der Waals surface area (Å²) in [6.07, 6.45) is -0.439. The SMILES string of the molecule is Cc1ccc(S(=O)(=O)Oc2ccc(C3N=C(N)Nc4nc5ccccc5n43)cc2)cc1. The summed E-state index contributed by atoms with van der Waals surface area (Å²) in [5.41, 5.74) is 9.49. The Bertz CT molecular complexity index is 1410. The summed E-state index contributed by atoms with van der Waals surface area (Å²) < 4.78 is 32.3. The molecule has 0 fully saturated rings. The molecule has 1 aromatic heterocycles. The zero-order valence-corrected chi connectivity index (χ0v) is 17.4. The molecule has 31 heavy (non-hydrogen) atoms. The van der Waals surface area contributed by atoms with Gasteiger partial charge in [0.25, 0.3) is 0 Å². The normalized spacial score (nSPS) is 15.8. The molecule has 0 aliphatic carbocycles. The number of imidazole rings is 1. The zero-order valence-electron chi connectivity index (χ0n) is 16.6. The smallest absolute Gasteiger partial charge is 0.339 e. The predicted octanol–water partition coefficient (Wildman–Crippen LogP) is 3.40. The Morgan fingerprint density at radius 2 is 1.71 bits per heavy atom. The van der Waals surface area contributed by atoms with E-state index in [1.165, 1.54) is 12.1 Å². The highest BCUT2D eigenvalue weighted by molar-refractivity contribution is 7.87. The van der Waals surface area contributed by atoms with Crippen LogP contribution < -0.4 is 15.2 Å². The van der Waals surface area contributed by atoms with Gasteiger partial charge in [0.05, 0.1) is 11.0 Å². The average Bonchev–Trinajstić information content (AvgIpc) is 3.12. The van der Waals surface area contributed by atoms with Gasteiger partial charge in [0.1, 0.15) is 10.6 Å². The summed E-state index contributed by atoms with van der Waals surface area (Å²) in [6.45, 7) is 1.89. The molecular weight excluding hydrogens is 414 g/mol. The van der Waals surface area contributed by atoms with Crippen LogP contribution in [0.5, 0.6) is 5.75 Å². The first-order chi connectivity index (χ1) is 14.9. The number of aliphatic imine (C=N–C) groups is 1. The molecule has 3 N–H and O–H groups in total. The van der Waals surface area contributed by atoms with Crippen LogP contribution in [0, 0.1) is 6.92 Å². The van der Waals surface area contributed by atoms with Gasteiger partial charge in [-0.25, -0.2) is 9.98 Å². The van der Waals surface area contributed by atoms with Gasteiger partial charge >= 0.3 is 10.1 Å². The number of anilines is 1. The number of aromatic nitrogens is 2. The van der Waals surface area contributed by atoms with E-state index >= 15 is 0 Å². The Morgan fingerprint density at radius 1 is 1.00 bits per heavy atom. The second-order valence-electron chi connectivity index (χ2n) is 7.23. The van der Waals surface area contributed by atoms with Crippen LogP contribution in [0.15, 0.2) is 82.7 Å². The highest BCUT2D eigenvalue weighted by atomic mass is 32.2. The summed E-state index contributed by atoms with van der Waals surface area (Å²) in [5.74, 6) is 1.07. The van der Waals surface area contributed by atoms with E-state index in [0.717, 1.165) is 22.2 Å². The van der Waals surface area contributed by atoms with Gasteiger partial charge in [0.2, 0.25) is 5.95 Å². The van der Waals surface area contributed by atoms with E-state index < -0.39 is 16.3 Å². The molecule has 0 bridgehead atoms. The van der Waals surface area contributed by atoms with Crippen LogP contribution in [0.1, 0.15) is 17.3 Å². The van der Waals surface area contributed by atoms with Crippen molar-refractivity contribution in [1.29, 1.82) is 0 Å². The molecule has 9 heteroatoms. The molecule has 1 aliphatic rings. The number of nitrogens with two attached hydrogens (primary N) is 1. The van der Waals surface area contributed by atoms with Crippen LogP contribution in [0.4, 0.5) is 5.95 Å². The number of fused-ring (bicyclic) bond motifs is 3. The maximum Gasteiger partial charge on any atom is 0.339 e. The second-order valence-corrected chi connectivity index (χ2v) is 8.77. The molecule has 0 saturated heterocycles. The zero-order chi connectivity index (χ0) is 21.6. The van der Waals surface area contributed by atoms with Crippen molar-refractivity contribution >= 4 is 33.1 Å². The lowest BCUT2D eigenvalue weighted by molar-refractivity contribution is 0.485. The van der Waals surface area contributed by atoms with Gasteiger partial charge in [0.15, 0.2) is 12.1 Å². The number of nitrogens with one attached hydrogen (secondary N) is 1. The number of aryl methyl sites for hydroxylation is 1. The monoisotopic (exact) mass is 433 g/mol. The minimum absolute atomic E-state index is 0.104. The van der Waals surface area contributed by atoms with Crippen LogP contribution in [0.2, 0.25) is 0 Å². The third-order valence-corrected chi connectivity index (χ3v) is 6.30. The lowest BCUT2D eigenvalue weighted by Gasteiger charge is -2.23. The summed E-state index contributed by atoms with van der Waals surface area (Å²) >= 11 is 0. The van der Waals surface area contributed by atoms with Crippen molar-refractivity contribution in [3.8, 4) is 5.75 Å². The number of para-hydroxylation sites is 2. The lowest BCUT2D eigenvalue weighted by Crippen LogP contribution is -2.31. The third kappa shape index (κ3) is 3.49. The fourth-order valence-electron chi connectivity index (χ4n) is 3.52. The molecule has 1 atom stereocenters. The van der Waals surface area contributed by atoms with Crippen molar-refractivity contribution in [2.75, 3.05) is 5.32 Å². The molecule has 0 spiro atoms. The molecule has 3 aromatic carbocycles. The van der Waals surface area contributed by atoms with Crippen molar-refractivity contribution in [3.63, 3.8) is 0 Å². The first-order valence-corrected chi connectivity index (χ1v) is 11.0. The molecule has 4 aromatic rings. The standard InChI is InChI=1S/C22H19N5O3S/c1-14-6-12-17(13-7-14)31(28,29)30-16-10-8-15(9-11-16)20-25-21(23)26-22-24-18-4-2-3-5-19(18)27(20)22/h2-13,20H,1H3,(H3,23,24,25,26). The predicted molar refractivity (Wildman–Crippen MR) is 119 cm³/mol. The lowest BCUT2D eigenvalue weighted by atomic mass is 10.1. The summed E-state index contributed by atoms with van der Waals surface area (Å²) in [7, 11) is -3.92. The topological polar surface area (TPSA) is 112 Å². The molecular formula is C22H19N5O3S. The molecule has 8 nitrogen and oxygen atoms in total. The molecule has 0 radical (unpaired) electrons. The summed E-state index contributed by atoms with van der Waals surface area (Å²) in [5, 5.41) is 2.99. The Kier molecular flexibility index (Phi) is 4.40. The minimum Gasteiger partial charge on any atom is -0.379 e. The largest absolute Gasteiger partial charge is 0.379 e. The molecule has 1 aliphatic heterocycles. The maximum atomic E-state index is 12.5. The van der Waals surface area contributed by atoms with E-state index in [9.17, 15) is 8.42 Å². The van der Waals surface area contributed by atoms with Crippen molar-refractivity contribution in [1.82, 2.24) is 9.55 Å². The third-order valence-electron chi connectivity index (χ3n) is 5.04. The summed E-state index contributed by atoms with van der Waals surface area (Å²) in [6, 6.07) is 21.0. The Hall–Kier alpha value is -3.85. The van der Waals surface area contributed by atoms with Crippen molar-refractivity contribution < 1.29 is 12.6 Å². The molecule has 0 amide bonds. The number of benzene rings is 3. The number of guanidine groups is 1. The fraction of sp³-hybridized carbons (Fsp3) is 0.0909. The first-order valence-electron chi connectivity index (χ1n) is 9.59. The van der Waals surface area contributed by atoms with Crippen molar-refractivity contribution in [3.05, 3.63) is 83.9 Å². The van der Waals surface area contributed by atoms with Gasteiger partial charge in [0, 0.05) is 0 Å². The van der Waals surface area contributed by atoms with E-state index in [2.05, 4.69) is 15.3 Å². The van der Waals surface area contributed by atoms with E-state index in [1.54, 1.807) is 36.4 Å². The fourth-order valence-corrected chi connectivity index (χ4v) is 4.45. The van der Waals surface area contributed by atoms with E-state index in [0.29, 0.717) is 5.95 Å². The van der Waals surface area contributed by atoms with Crippen LogP contribution in [0.3, 0.4) is 0 Å². The van der Waals surface area contributed by atoms with E-state index in [1.807, 2.05) is 35.8 Å². The number of hydrogen-bond acceptors (Lipinski definition) is 7. The maximum absolute atomic E-state index is 12.5. The number of hydrogen-bond donors (Lipinski definition) is 2. The molecule has 156 valence electrons. The van der Waals surface area contributed by atoms with Gasteiger partial charge in [-0.2, -0.15) is 8.42 Å². The molecule has 1 unspecified atom stereocenters. The van der Waals surface area contributed by atoms with Crippen LogP contribution in [0.25, 0.3) is 11.0 Å². The van der Waals surface area contributed by atoms with Crippen molar-refractivity contribution in [2.45, 2.75) is 18.0 Å². The first kappa shape index (κ1) is 19.1. The highest BCUT2D eigenvalue weighted by Crippen LogP contribution is 2.33. The highest BCUT2D eigenvalue weighted by Gasteiger charge is 2.25. The van der Waals surface area contributed by atoms with Crippen molar-refractivity contribution in [2.24, 2.45) is 10.7 Å². The van der Waals surface area contributed by atoms with Gasteiger partial charge in [-0.15, -0.1) is 0 Å². The second kappa shape index (κ2) is 7.13. The summed E-state index contributed by atoms with van der Waals surface area (Å²) in [4.78, 5) is 9.20. The van der Waals surface area contributed by atoms with Gasteiger partial charge in [-0.3, -0.25) is 9.88 Å². The Morgan fingerprint density at radius 3 is 2.45 bits per heavy atom. The van der Waals surface area contributed by atoms with Gasteiger partial charge in [-0.1, -0.05) is 42.0 Å². The Balaban J connectivity index is 1.47. The van der Waals surface area contributed by atoms with E-state index in [-0.39, 0.29) is 16.6 Å². The number of nitrogens with zero attached hydrogens (tertiary/aromatic N) is 3. The van der Waals surface area contributed by atoms with Gasteiger partial charge in [-0.05, 0) is 48.9 Å². The molecule has 0 saturated carbocycles. The van der Waals surface area contributed by atoms with Crippen LogP contribution >= 0.6 is 0 Å². The van der Waals surface area contributed by atoms with Crippen LogP contribution in [-0.2, 0) is 10.1 Å². The van der Waals surface area contributed by atoms with Gasteiger partial charge < -0.3 is 9.92 Å². The number of rotatable bonds is 4. The van der Waals surface area contributed by atoms with Crippen LogP contribution in [-0.4, -0.2) is 23.9 Å². The minimum atomic E-state index is -3.92. The Labute approximate surface area is 179 Å². The molecule has 5 rings (SSSR count). The van der Waals surface area contributed by atoms with E-state index in [4.69, 9.17) is 9.92 Å². The quantitative estimate of drug-likeness (QED) is 0.477. The molecule has 2 heterocycles.